The van der Waals surface area contributed by atoms with E-state index in [1.54, 1.807) is 25.3 Å². The van der Waals surface area contributed by atoms with Gasteiger partial charge in [0.25, 0.3) is 0 Å². The van der Waals surface area contributed by atoms with Crippen molar-refractivity contribution in [1.82, 2.24) is 0 Å². The van der Waals surface area contributed by atoms with Gasteiger partial charge in [0.05, 0.1) is 17.6 Å². The minimum absolute atomic E-state index is 0.173. The van der Waals surface area contributed by atoms with Crippen molar-refractivity contribution < 1.29 is 23.1 Å². The molecule has 0 amide bonds. The number of benzene rings is 2. The fourth-order valence-electron chi connectivity index (χ4n) is 3.27. The summed E-state index contributed by atoms with van der Waals surface area (Å²) < 4.78 is 28.5. The Balaban J connectivity index is 2.09. The maximum atomic E-state index is 12.0. The molecular weight excluding hydrogens is 364 g/mol. The predicted molar refractivity (Wildman–Crippen MR) is 104 cm³/mol. The molecule has 0 atom stereocenters. The van der Waals surface area contributed by atoms with Crippen LogP contribution in [0.25, 0.3) is 11.6 Å². The van der Waals surface area contributed by atoms with Crippen LogP contribution in [0.5, 0.6) is 5.75 Å². The Hall–Kier alpha value is -2.86. The molecule has 1 aliphatic rings. The van der Waals surface area contributed by atoms with Crippen LogP contribution in [0, 0.1) is 0 Å². The molecule has 0 bridgehead atoms. The number of carboxylic acid groups (broad SMARTS) is 1. The number of hydrogen-bond acceptors (Lipinski definition) is 4. The second kappa shape index (κ2) is 7.04. The van der Waals surface area contributed by atoms with Crippen molar-refractivity contribution >= 4 is 27.5 Å². The van der Waals surface area contributed by atoms with Gasteiger partial charge in [-0.15, -0.1) is 0 Å². The lowest BCUT2D eigenvalue weighted by molar-refractivity contribution is -0.132. The van der Waals surface area contributed by atoms with E-state index >= 15 is 0 Å². The lowest BCUT2D eigenvalue weighted by Crippen LogP contribution is -2.04. The second-order valence-corrected chi connectivity index (χ2v) is 8.58. The number of rotatable bonds is 5. The Labute approximate surface area is 158 Å². The summed E-state index contributed by atoms with van der Waals surface area (Å²) in [4.78, 5) is 12.2. The van der Waals surface area contributed by atoms with Crippen LogP contribution in [0.2, 0.25) is 0 Å². The normalized spacial score (nSPS) is 14.3. The number of aliphatic carboxylic acids is 1. The Kier molecular flexibility index (Phi) is 4.93. The summed E-state index contributed by atoms with van der Waals surface area (Å²) in [6.07, 6.45) is 3.39. The molecule has 5 nitrogen and oxygen atoms in total. The SMILES string of the molecule is COc1ccc2c(c1)C(C(=Cc1ccc(S(C)(=O)=O)cc1)C(=O)O)=C(C)C2. The lowest BCUT2D eigenvalue weighted by atomic mass is 9.95. The van der Waals surface area contributed by atoms with Gasteiger partial charge >= 0.3 is 5.97 Å². The highest BCUT2D eigenvalue weighted by atomic mass is 32.2. The molecule has 1 N–H and O–H groups in total. The highest BCUT2D eigenvalue weighted by Gasteiger charge is 2.26. The maximum Gasteiger partial charge on any atom is 0.336 e. The maximum absolute atomic E-state index is 12.0. The molecule has 0 saturated heterocycles. The quantitative estimate of drug-likeness (QED) is 0.797. The van der Waals surface area contributed by atoms with E-state index in [4.69, 9.17) is 4.74 Å². The monoisotopic (exact) mass is 384 g/mol. The molecule has 0 saturated carbocycles. The van der Waals surface area contributed by atoms with Crippen molar-refractivity contribution in [3.05, 3.63) is 70.3 Å². The zero-order valence-electron chi connectivity index (χ0n) is 15.3. The number of fused-ring (bicyclic) bond motifs is 1. The Morgan fingerprint density at radius 2 is 1.81 bits per heavy atom. The Morgan fingerprint density at radius 1 is 1.15 bits per heavy atom. The first-order chi connectivity index (χ1) is 12.7. The zero-order chi connectivity index (χ0) is 19.8. The lowest BCUT2D eigenvalue weighted by Gasteiger charge is -2.10. The third-order valence-corrected chi connectivity index (χ3v) is 5.72. The number of allylic oxidation sites excluding steroid dienone is 1. The second-order valence-electron chi connectivity index (χ2n) is 6.56. The Morgan fingerprint density at radius 3 is 2.37 bits per heavy atom. The topological polar surface area (TPSA) is 80.7 Å². The van der Waals surface area contributed by atoms with Gasteiger partial charge in [0.2, 0.25) is 0 Å². The summed E-state index contributed by atoms with van der Waals surface area (Å²) in [7, 11) is -1.72. The minimum atomic E-state index is -3.30. The summed E-state index contributed by atoms with van der Waals surface area (Å²) >= 11 is 0. The van der Waals surface area contributed by atoms with Crippen LogP contribution in [0.15, 0.2) is 58.5 Å². The number of sulfone groups is 1. The van der Waals surface area contributed by atoms with Crippen molar-refractivity contribution in [2.45, 2.75) is 18.2 Å². The smallest absolute Gasteiger partial charge is 0.336 e. The van der Waals surface area contributed by atoms with Crippen molar-refractivity contribution in [3.8, 4) is 5.75 Å². The van der Waals surface area contributed by atoms with Crippen LogP contribution < -0.4 is 4.74 Å². The molecule has 0 aliphatic heterocycles. The molecule has 2 aromatic rings. The first-order valence-corrected chi connectivity index (χ1v) is 10.2. The molecule has 0 spiro atoms. The first-order valence-electron chi connectivity index (χ1n) is 8.33. The van der Waals surface area contributed by atoms with Gasteiger partial charge < -0.3 is 9.84 Å². The third kappa shape index (κ3) is 3.80. The average Bonchev–Trinajstić information content (AvgIpc) is 2.93. The van der Waals surface area contributed by atoms with Gasteiger partial charge in [0.15, 0.2) is 9.84 Å². The molecular formula is C21H20O5S. The molecule has 140 valence electrons. The molecule has 0 fully saturated rings. The van der Waals surface area contributed by atoms with E-state index < -0.39 is 15.8 Å². The molecule has 0 heterocycles. The van der Waals surface area contributed by atoms with Gasteiger partial charge in [-0.2, -0.15) is 0 Å². The molecule has 1 aliphatic carbocycles. The molecule has 0 aromatic heterocycles. The number of carbonyl (C=O) groups is 1. The van der Waals surface area contributed by atoms with Crippen molar-refractivity contribution in [3.63, 3.8) is 0 Å². The standard InChI is InChI=1S/C21H20O5S/c1-13-10-15-6-7-16(26-2)12-18(15)20(13)19(21(22)23)11-14-4-8-17(9-5-14)27(3,24)25/h4-9,11-12H,10H2,1-3H3,(H,22,23). The number of methoxy groups -OCH3 is 1. The van der Waals surface area contributed by atoms with Crippen molar-refractivity contribution in [2.24, 2.45) is 0 Å². The van der Waals surface area contributed by atoms with Crippen LogP contribution in [0.3, 0.4) is 0 Å². The van der Waals surface area contributed by atoms with Crippen LogP contribution in [-0.4, -0.2) is 32.9 Å². The summed E-state index contributed by atoms with van der Waals surface area (Å²) in [6.45, 7) is 1.92. The fourth-order valence-corrected chi connectivity index (χ4v) is 3.90. The summed E-state index contributed by atoms with van der Waals surface area (Å²) in [5.74, 6) is -0.365. The van der Waals surface area contributed by atoms with Crippen LogP contribution in [0.1, 0.15) is 23.6 Å². The van der Waals surface area contributed by atoms with Gasteiger partial charge in [-0.1, -0.05) is 23.8 Å². The molecule has 0 radical (unpaired) electrons. The zero-order valence-corrected chi connectivity index (χ0v) is 16.1. The predicted octanol–water partition coefficient (Wildman–Crippen LogP) is 3.60. The van der Waals surface area contributed by atoms with E-state index in [-0.39, 0.29) is 10.5 Å². The summed E-state index contributed by atoms with van der Waals surface area (Å²) in [5.41, 5.74) is 4.36. The van der Waals surface area contributed by atoms with Crippen molar-refractivity contribution in [1.29, 1.82) is 0 Å². The van der Waals surface area contributed by atoms with Crippen molar-refractivity contribution in [2.75, 3.05) is 13.4 Å². The van der Waals surface area contributed by atoms with Gasteiger partial charge in [-0.25, -0.2) is 13.2 Å². The highest BCUT2D eigenvalue weighted by molar-refractivity contribution is 7.90. The largest absolute Gasteiger partial charge is 0.497 e. The number of ether oxygens (including phenoxy) is 1. The van der Waals surface area contributed by atoms with Crippen LogP contribution in [0.4, 0.5) is 0 Å². The van der Waals surface area contributed by atoms with Gasteiger partial charge in [0.1, 0.15) is 5.75 Å². The third-order valence-electron chi connectivity index (χ3n) is 4.59. The Bertz CT molecular complexity index is 1070. The molecule has 3 rings (SSSR count). The highest BCUT2D eigenvalue weighted by Crippen LogP contribution is 2.40. The van der Waals surface area contributed by atoms with Crippen LogP contribution >= 0.6 is 0 Å². The van der Waals surface area contributed by atoms with E-state index in [9.17, 15) is 18.3 Å². The van der Waals surface area contributed by atoms with E-state index in [2.05, 4.69) is 0 Å². The van der Waals surface area contributed by atoms with Gasteiger partial charge in [0, 0.05) is 6.26 Å². The van der Waals surface area contributed by atoms with E-state index in [0.717, 1.165) is 23.0 Å². The molecule has 0 unspecified atom stereocenters. The summed E-state index contributed by atoms with van der Waals surface area (Å²) in [5, 5.41) is 9.82. The molecule has 6 heteroatoms. The first kappa shape index (κ1) is 18.9. The fraction of sp³-hybridized carbons (Fsp3) is 0.190. The summed E-state index contributed by atoms with van der Waals surface area (Å²) in [6, 6.07) is 11.8. The van der Waals surface area contributed by atoms with Crippen LogP contribution in [-0.2, 0) is 21.1 Å². The van der Waals surface area contributed by atoms with E-state index in [0.29, 0.717) is 23.3 Å². The van der Waals surface area contributed by atoms with E-state index in [1.165, 1.54) is 12.1 Å². The van der Waals surface area contributed by atoms with Gasteiger partial charge in [-0.3, -0.25) is 0 Å². The van der Waals surface area contributed by atoms with Gasteiger partial charge in [-0.05, 0) is 65.9 Å². The number of carboxylic acids is 1. The number of hydrogen-bond donors (Lipinski definition) is 1. The molecule has 2 aromatic carbocycles. The molecule has 27 heavy (non-hydrogen) atoms. The average molecular weight is 384 g/mol. The minimum Gasteiger partial charge on any atom is -0.497 e. The van der Waals surface area contributed by atoms with E-state index in [1.807, 2.05) is 25.1 Å².